The van der Waals surface area contributed by atoms with Crippen molar-refractivity contribution in [1.82, 2.24) is 9.80 Å². The second kappa shape index (κ2) is 8.00. The Bertz CT molecular complexity index is 818. The number of nitrogens with zero attached hydrogens (tertiary/aromatic N) is 2. The van der Waals surface area contributed by atoms with E-state index >= 15 is 0 Å². The van der Waals surface area contributed by atoms with Crippen LogP contribution in [-0.2, 0) is 4.74 Å². The third-order valence-corrected chi connectivity index (χ3v) is 12.1. The number of hydrogen-bond donors (Lipinski definition) is 0. The molecule has 4 nitrogen and oxygen atoms in total. The molecule has 1 saturated heterocycles. The van der Waals surface area contributed by atoms with Crippen LogP contribution in [0.1, 0.15) is 90.9 Å². The predicted molar refractivity (Wildman–Crippen MR) is 132 cm³/mol. The Kier molecular flexibility index (Phi) is 5.44. The SMILES string of the molecule is CC1C2CCC3C4CC=C5CC(N(C)C(=O)OC6CCCC6)CCC5(C)C4CCC32CN1C. The quantitative estimate of drug-likeness (QED) is 0.462. The third kappa shape index (κ3) is 3.28. The van der Waals surface area contributed by atoms with Gasteiger partial charge in [0, 0.05) is 25.7 Å². The molecule has 4 saturated carbocycles. The van der Waals surface area contributed by atoms with Crippen LogP contribution in [0.5, 0.6) is 0 Å². The lowest BCUT2D eigenvalue weighted by Crippen LogP contribution is -2.53. The number of amides is 1. The van der Waals surface area contributed by atoms with Gasteiger partial charge in [0.2, 0.25) is 0 Å². The maximum Gasteiger partial charge on any atom is 0.410 e. The van der Waals surface area contributed by atoms with E-state index in [-0.39, 0.29) is 12.2 Å². The number of carbonyl (C=O) groups excluding carboxylic acids is 1. The van der Waals surface area contributed by atoms with Crippen LogP contribution in [0.2, 0.25) is 0 Å². The van der Waals surface area contributed by atoms with E-state index in [0.717, 1.165) is 55.4 Å². The van der Waals surface area contributed by atoms with Crippen LogP contribution in [0.4, 0.5) is 4.79 Å². The van der Waals surface area contributed by atoms with Gasteiger partial charge in [-0.2, -0.15) is 0 Å². The minimum atomic E-state index is -0.0825. The Hall–Kier alpha value is -1.03. The Morgan fingerprint density at radius 3 is 2.61 bits per heavy atom. The standard InChI is InChI=1S/C29H46N2O2/c1-19-24-11-12-26-23-10-9-20-17-21(31(4)27(32)33-22-7-5-6-8-22)13-15-28(20,2)25(23)14-16-29(24,26)18-30(19)3/h9,19,21-26H,5-8,10-18H2,1-4H3. The summed E-state index contributed by atoms with van der Waals surface area (Å²) in [5.41, 5.74) is 2.63. The summed E-state index contributed by atoms with van der Waals surface area (Å²) in [5.74, 6) is 3.61. The fourth-order valence-electron chi connectivity index (χ4n) is 10.2. The predicted octanol–water partition coefficient (Wildman–Crippen LogP) is 6.26. The van der Waals surface area contributed by atoms with Crippen LogP contribution in [0, 0.1) is 34.5 Å². The molecule has 0 aromatic rings. The summed E-state index contributed by atoms with van der Waals surface area (Å²) < 4.78 is 5.84. The van der Waals surface area contributed by atoms with Crippen molar-refractivity contribution >= 4 is 6.09 Å². The first-order chi connectivity index (χ1) is 15.8. The Morgan fingerprint density at radius 2 is 1.82 bits per heavy atom. The van der Waals surface area contributed by atoms with E-state index < -0.39 is 0 Å². The second-order valence-electron chi connectivity index (χ2n) is 13.2. The van der Waals surface area contributed by atoms with E-state index in [1.807, 2.05) is 11.9 Å². The maximum atomic E-state index is 12.8. The minimum Gasteiger partial charge on any atom is -0.446 e. The fraction of sp³-hybridized carbons (Fsp3) is 0.897. The number of carbonyl (C=O) groups is 1. The zero-order chi connectivity index (χ0) is 23.0. The molecule has 0 radical (unpaired) electrons. The Morgan fingerprint density at radius 1 is 1.06 bits per heavy atom. The van der Waals surface area contributed by atoms with Crippen molar-refractivity contribution in [3.63, 3.8) is 0 Å². The number of likely N-dealkylation sites (tertiary alicyclic amines) is 1. The van der Waals surface area contributed by atoms with E-state index in [1.54, 1.807) is 5.57 Å². The summed E-state index contributed by atoms with van der Waals surface area (Å²) in [4.78, 5) is 17.4. The van der Waals surface area contributed by atoms with Gasteiger partial charge in [-0.25, -0.2) is 4.79 Å². The molecule has 1 heterocycles. The molecule has 8 unspecified atom stereocenters. The molecule has 0 N–H and O–H groups in total. The first-order valence-electron chi connectivity index (χ1n) is 14.2. The molecular weight excluding hydrogens is 408 g/mol. The van der Waals surface area contributed by atoms with E-state index in [1.165, 1.54) is 57.9 Å². The molecule has 4 heteroatoms. The number of allylic oxidation sites excluding steroid dienone is 1. The molecule has 1 aliphatic heterocycles. The third-order valence-electron chi connectivity index (χ3n) is 12.1. The van der Waals surface area contributed by atoms with Gasteiger partial charge >= 0.3 is 6.09 Å². The van der Waals surface area contributed by atoms with Crippen LogP contribution < -0.4 is 0 Å². The van der Waals surface area contributed by atoms with E-state index in [9.17, 15) is 4.79 Å². The molecule has 184 valence electrons. The normalized spacial score (nSPS) is 47.3. The van der Waals surface area contributed by atoms with Crippen LogP contribution >= 0.6 is 0 Å². The summed E-state index contributed by atoms with van der Waals surface area (Å²) in [6.07, 6.45) is 17.8. The molecule has 0 aromatic heterocycles. The van der Waals surface area contributed by atoms with Crippen LogP contribution in [0.15, 0.2) is 11.6 Å². The number of fused-ring (bicyclic) bond motifs is 4. The smallest absolute Gasteiger partial charge is 0.410 e. The number of hydrogen-bond acceptors (Lipinski definition) is 3. The highest BCUT2D eigenvalue weighted by molar-refractivity contribution is 5.68. The van der Waals surface area contributed by atoms with E-state index in [2.05, 4.69) is 31.9 Å². The van der Waals surface area contributed by atoms with Gasteiger partial charge < -0.3 is 14.5 Å². The molecule has 5 fully saturated rings. The lowest BCUT2D eigenvalue weighted by atomic mass is 9.47. The van der Waals surface area contributed by atoms with Gasteiger partial charge in [0.1, 0.15) is 6.10 Å². The number of ether oxygens (including phenoxy) is 1. The number of rotatable bonds is 2. The monoisotopic (exact) mass is 454 g/mol. The van der Waals surface area contributed by atoms with Gasteiger partial charge in [0.15, 0.2) is 0 Å². The summed E-state index contributed by atoms with van der Waals surface area (Å²) in [6.45, 7) is 6.43. The van der Waals surface area contributed by atoms with Gasteiger partial charge in [-0.05, 0) is 126 Å². The summed E-state index contributed by atoms with van der Waals surface area (Å²) in [5, 5.41) is 0. The molecule has 0 bridgehead atoms. The average molecular weight is 455 g/mol. The molecular formula is C29H46N2O2. The van der Waals surface area contributed by atoms with Gasteiger partial charge in [0.05, 0.1) is 0 Å². The van der Waals surface area contributed by atoms with Crippen molar-refractivity contribution in [2.45, 2.75) is 109 Å². The minimum absolute atomic E-state index is 0.0825. The lowest BCUT2D eigenvalue weighted by molar-refractivity contribution is -0.0439. The van der Waals surface area contributed by atoms with Crippen molar-refractivity contribution < 1.29 is 9.53 Å². The first-order valence-corrected chi connectivity index (χ1v) is 14.2. The second-order valence-corrected chi connectivity index (χ2v) is 13.2. The molecule has 0 aromatic carbocycles. The van der Waals surface area contributed by atoms with Crippen LogP contribution in [-0.4, -0.2) is 54.7 Å². The molecule has 1 spiro atoms. The Balaban J connectivity index is 1.17. The molecule has 1 amide bonds. The topological polar surface area (TPSA) is 32.8 Å². The Labute approximate surface area is 201 Å². The highest BCUT2D eigenvalue weighted by Crippen LogP contribution is 2.68. The van der Waals surface area contributed by atoms with Gasteiger partial charge in [0.25, 0.3) is 0 Å². The van der Waals surface area contributed by atoms with E-state index in [4.69, 9.17) is 4.74 Å². The summed E-state index contributed by atoms with van der Waals surface area (Å²) in [7, 11) is 4.36. The fourth-order valence-corrected chi connectivity index (χ4v) is 10.2. The van der Waals surface area contributed by atoms with Crippen molar-refractivity contribution in [1.29, 1.82) is 0 Å². The summed E-state index contributed by atoms with van der Waals surface area (Å²) in [6, 6.07) is 1.08. The maximum absolute atomic E-state index is 12.8. The van der Waals surface area contributed by atoms with Crippen molar-refractivity contribution in [2.24, 2.45) is 34.5 Å². The van der Waals surface area contributed by atoms with Gasteiger partial charge in [-0.15, -0.1) is 0 Å². The molecule has 6 aliphatic rings. The molecule has 33 heavy (non-hydrogen) atoms. The summed E-state index contributed by atoms with van der Waals surface area (Å²) >= 11 is 0. The highest BCUT2D eigenvalue weighted by atomic mass is 16.6. The van der Waals surface area contributed by atoms with Crippen LogP contribution in [0.25, 0.3) is 0 Å². The van der Waals surface area contributed by atoms with Gasteiger partial charge in [-0.1, -0.05) is 18.6 Å². The van der Waals surface area contributed by atoms with Gasteiger partial charge in [-0.3, -0.25) is 0 Å². The van der Waals surface area contributed by atoms with Crippen LogP contribution in [0.3, 0.4) is 0 Å². The molecule has 6 rings (SSSR count). The highest BCUT2D eigenvalue weighted by Gasteiger charge is 2.64. The van der Waals surface area contributed by atoms with Crippen molar-refractivity contribution in [3.8, 4) is 0 Å². The zero-order valence-electron chi connectivity index (χ0n) is 21.5. The molecule has 8 atom stereocenters. The van der Waals surface area contributed by atoms with Crippen molar-refractivity contribution in [2.75, 3.05) is 20.6 Å². The van der Waals surface area contributed by atoms with Crippen molar-refractivity contribution in [3.05, 3.63) is 11.6 Å². The molecule has 5 aliphatic carbocycles. The average Bonchev–Trinajstić information content (AvgIpc) is 3.49. The van der Waals surface area contributed by atoms with E-state index in [0.29, 0.717) is 16.9 Å². The largest absolute Gasteiger partial charge is 0.446 e. The zero-order valence-corrected chi connectivity index (χ0v) is 21.5. The first kappa shape index (κ1) is 22.4. The lowest BCUT2D eigenvalue weighted by Gasteiger charge is -2.58.